The number of phenols is 1. The summed E-state index contributed by atoms with van der Waals surface area (Å²) in [6, 6.07) is 4.58. The molecular formula is C13H17ClN2O2. The first-order chi connectivity index (χ1) is 8.48. The van der Waals surface area contributed by atoms with Crippen LogP contribution in [0.2, 0.25) is 5.02 Å². The first kappa shape index (κ1) is 13.2. The third-order valence-electron chi connectivity index (χ3n) is 3.34. The summed E-state index contributed by atoms with van der Waals surface area (Å²) >= 11 is 5.77. The Morgan fingerprint density at radius 3 is 2.72 bits per heavy atom. The maximum Gasteiger partial charge on any atom is 0.226 e. The summed E-state index contributed by atoms with van der Waals surface area (Å²) in [6.07, 6.45) is 4.31. The van der Waals surface area contributed by atoms with Gasteiger partial charge in [0.05, 0.1) is 5.02 Å². The lowest BCUT2D eigenvalue weighted by molar-refractivity contribution is -0.117. The molecule has 0 spiro atoms. The maximum atomic E-state index is 11.9. The summed E-state index contributed by atoms with van der Waals surface area (Å²) in [5, 5.41) is 12.3. The summed E-state index contributed by atoms with van der Waals surface area (Å²) in [7, 11) is 0. The van der Waals surface area contributed by atoms with E-state index in [0.717, 1.165) is 25.7 Å². The monoisotopic (exact) mass is 268 g/mol. The molecule has 4 nitrogen and oxygen atoms in total. The number of nitrogens with two attached hydrogens (primary N) is 1. The fraction of sp³-hybridized carbons (Fsp3) is 0.462. The number of nitrogens with one attached hydrogen (secondary N) is 1. The van der Waals surface area contributed by atoms with E-state index in [1.807, 2.05) is 0 Å². The average Bonchev–Trinajstić information content (AvgIpc) is 2.70. The van der Waals surface area contributed by atoms with Crippen molar-refractivity contribution in [3.8, 4) is 5.75 Å². The molecule has 1 amide bonds. The molecule has 1 aliphatic rings. The Morgan fingerprint density at radius 2 is 2.11 bits per heavy atom. The van der Waals surface area contributed by atoms with Gasteiger partial charge in [-0.15, -0.1) is 0 Å². The van der Waals surface area contributed by atoms with Crippen LogP contribution in [0.15, 0.2) is 18.2 Å². The number of benzene rings is 1. The zero-order chi connectivity index (χ0) is 13.2. The molecule has 1 aromatic rings. The smallest absolute Gasteiger partial charge is 0.226 e. The Labute approximate surface area is 111 Å². The first-order valence-electron chi connectivity index (χ1n) is 6.06. The fourth-order valence-electron chi connectivity index (χ4n) is 2.37. The summed E-state index contributed by atoms with van der Waals surface area (Å²) < 4.78 is 0. The van der Waals surface area contributed by atoms with E-state index < -0.39 is 0 Å². The number of hydrogen-bond acceptors (Lipinski definition) is 3. The van der Waals surface area contributed by atoms with E-state index in [-0.39, 0.29) is 22.2 Å². The topological polar surface area (TPSA) is 75.4 Å². The summed E-state index contributed by atoms with van der Waals surface area (Å²) in [4.78, 5) is 11.9. The number of hydrogen-bond donors (Lipinski definition) is 3. The number of carbonyl (C=O) groups excluding carboxylic acids is 1. The van der Waals surface area contributed by atoms with E-state index in [2.05, 4.69) is 5.32 Å². The zero-order valence-electron chi connectivity index (χ0n) is 10.1. The summed E-state index contributed by atoms with van der Waals surface area (Å²) in [6.45, 7) is 0. The van der Waals surface area contributed by atoms with Gasteiger partial charge in [0, 0.05) is 17.6 Å². The third-order valence-corrected chi connectivity index (χ3v) is 3.65. The van der Waals surface area contributed by atoms with Gasteiger partial charge in [-0.1, -0.05) is 24.4 Å². The molecule has 5 heteroatoms. The SMILES string of the molecule is NC1(CC(=O)Nc2ccc(O)c(Cl)c2)CCCC1. The number of aromatic hydroxyl groups is 1. The highest BCUT2D eigenvalue weighted by Crippen LogP contribution is 2.31. The molecule has 0 radical (unpaired) electrons. The third kappa shape index (κ3) is 3.15. The minimum Gasteiger partial charge on any atom is -0.506 e. The lowest BCUT2D eigenvalue weighted by Crippen LogP contribution is -2.40. The van der Waals surface area contributed by atoms with Crippen molar-refractivity contribution in [1.29, 1.82) is 0 Å². The van der Waals surface area contributed by atoms with Crippen molar-refractivity contribution < 1.29 is 9.90 Å². The van der Waals surface area contributed by atoms with Gasteiger partial charge >= 0.3 is 0 Å². The van der Waals surface area contributed by atoms with Gasteiger partial charge in [-0.3, -0.25) is 4.79 Å². The van der Waals surface area contributed by atoms with E-state index in [0.29, 0.717) is 12.1 Å². The van der Waals surface area contributed by atoms with Gasteiger partial charge in [-0.25, -0.2) is 0 Å². The number of rotatable bonds is 3. The van der Waals surface area contributed by atoms with Crippen molar-refractivity contribution >= 4 is 23.2 Å². The highest BCUT2D eigenvalue weighted by atomic mass is 35.5. The molecule has 0 heterocycles. The molecule has 1 aromatic carbocycles. The molecule has 2 rings (SSSR count). The second-order valence-corrected chi connectivity index (χ2v) is 5.37. The molecule has 4 N–H and O–H groups in total. The fourth-order valence-corrected chi connectivity index (χ4v) is 2.55. The normalized spacial score (nSPS) is 17.7. The molecule has 98 valence electrons. The maximum absolute atomic E-state index is 11.9. The lowest BCUT2D eigenvalue weighted by atomic mass is 9.94. The van der Waals surface area contributed by atoms with Gasteiger partial charge in [0.1, 0.15) is 5.75 Å². The highest BCUT2D eigenvalue weighted by Gasteiger charge is 2.31. The molecule has 18 heavy (non-hydrogen) atoms. The quantitative estimate of drug-likeness (QED) is 0.738. The Balaban J connectivity index is 1.96. The molecule has 0 bridgehead atoms. The van der Waals surface area contributed by atoms with Crippen LogP contribution in [0.5, 0.6) is 5.75 Å². The van der Waals surface area contributed by atoms with Crippen LogP contribution in [-0.2, 0) is 4.79 Å². The van der Waals surface area contributed by atoms with Crippen molar-refractivity contribution in [2.24, 2.45) is 5.73 Å². The number of amides is 1. The van der Waals surface area contributed by atoms with Crippen molar-refractivity contribution in [2.45, 2.75) is 37.6 Å². The van der Waals surface area contributed by atoms with Gasteiger partial charge in [-0.2, -0.15) is 0 Å². The predicted octanol–water partition coefficient (Wildman–Crippen LogP) is 2.65. The van der Waals surface area contributed by atoms with Crippen LogP contribution in [0.25, 0.3) is 0 Å². The van der Waals surface area contributed by atoms with Crippen LogP contribution in [0, 0.1) is 0 Å². The van der Waals surface area contributed by atoms with E-state index in [1.165, 1.54) is 12.1 Å². The number of phenolic OH excluding ortho intramolecular Hbond substituents is 1. The predicted molar refractivity (Wildman–Crippen MR) is 71.7 cm³/mol. The Hall–Kier alpha value is -1.26. The Kier molecular flexibility index (Phi) is 3.78. The lowest BCUT2D eigenvalue weighted by Gasteiger charge is -2.22. The van der Waals surface area contributed by atoms with Crippen LogP contribution < -0.4 is 11.1 Å². The second-order valence-electron chi connectivity index (χ2n) is 4.96. The number of carbonyl (C=O) groups is 1. The van der Waals surface area contributed by atoms with Crippen molar-refractivity contribution in [3.05, 3.63) is 23.2 Å². The molecule has 1 saturated carbocycles. The molecule has 0 saturated heterocycles. The van der Waals surface area contributed by atoms with Crippen molar-refractivity contribution in [2.75, 3.05) is 5.32 Å². The molecule has 0 atom stereocenters. The molecule has 1 aliphatic carbocycles. The zero-order valence-corrected chi connectivity index (χ0v) is 10.8. The molecule has 0 aliphatic heterocycles. The van der Waals surface area contributed by atoms with Crippen LogP contribution in [0.1, 0.15) is 32.1 Å². The van der Waals surface area contributed by atoms with Crippen molar-refractivity contribution in [3.63, 3.8) is 0 Å². The van der Waals surface area contributed by atoms with Gasteiger partial charge in [0.25, 0.3) is 0 Å². The standard InChI is InChI=1S/C13H17ClN2O2/c14-10-7-9(3-4-11(10)17)16-12(18)8-13(15)5-1-2-6-13/h3-4,7,17H,1-2,5-6,8,15H2,(H,16,18). The minimum atomic E-state index is -0.356. The molecule has 0 aromatic heterocycles. The molecule has 1 fully saturated rings. The highest BCUT2D eigenvalue weighted by molar-refractivity contribution is 6.32. The van der Waals surface area contributed by atoms with Gasteiger partial charge in [0.2, 0.25) is 5.91 Å². The Bertz CT molecular complexity index is 456. The van der Waals surface area contributed by atoms with Crippen LogP contribution in [0.3, 0.4) is 0 Å². The number of halogens is 1. The van der Waals surface area contributed by atoms with E-state index in [1.54, 1.807) is 6.07 Å². The van der Waals surface area contributed by atoms with Gasteiger partial charge < -0.3 is 16.2 Å². The molecular weight excluding hydrogens is 252 g/mol. The largest absolute Gasteiger partial charge is 0.506 e. The van der Waals surface area contributed by atoms with E-state index in [9.17, 15) is 9.90 Å². The minimum absolute atomic E-state index is 0.000698. The number of anilines is 1. The van der Waals surface area contributed by atoms with Crippen LogP contribution in [-0.4, -0.2) is 16.6 Å². The van der Waals surface area contributed by atoms with Crippen LogP contribution >= 0.6 is 11.6 Å². The first-order valence-corrected chi connectivity index (χ1v) is 6.44. The van der Waals surface area contributed by atoms with Gasteiger partial charge in [-0.05, 0) is 31.0 Å². The van der Waals surface area contributed by atoms with E-state index in [4.69, 9.17) is 17.3 Å². The Morgan fingerprint density at radius 1 is 1.44 bits per heavy atom. The van der Waals surface area contributed by atoms with Crippen molar-refractivity contribution in [1.82, 2.24) is 0 Å². The second kappa shape index (κ2) is 5.16. The summed E-state index contributed by atoms with van der Waals surface area (Å²) in [5.74, 6) is -0.109. The van der Waals surface area contributed by atoms with Crippen LogP contribution in [0.4, 0.5) is 5.69 Å². The molecule has 0 unspecified atom stereocenters. The van der Waals surface area contributed by atoms with E-state index >= 15 is 0 Å². The summed E-state index contributed by atoms with van der Waals surface area (Å²) in [5.41, 5.74) is 6.36. The van der Waals surface area contributed by atoms with Gasteiger partial charge in [0.15, 0.2) is 0 Å². The average molecular weight is 269 g/mol.